The molecule has 3 heterocycles. The van der Waals surface area contributed by atoms with Gasteiger partial charge >= 0.3 is 0 Å². The van der Waals surface area contributed by atoms with E-state index in [4.69, 9.17) is 9.47 Å². The second-order valence-corrected chi connectivity index (χ2v) is 14.0. The number of carbonyl (C=O) groups excluding carboxylic acids is 1. The molecule has 0 aliphatic carbocycles. The van der Waals surface area contributed by atoms with Gasteiger partial charge in [-0.3, -0.25) is 4.79 Å². The Labute approximate surface area is 286 Å². The van der Waals surface area contributed by atoms with Gasteiger partial charge in [0.1, 0.15) is 11.4 Å². The summed E-state index contributed by atoms with van der Waals surface area (Å²) in [5, 5.41) is 14.1. The number of nitrogens with zero attached hydrogens (tertiary/aromatic N) is 5. The summed E-state index contributed by atoms with van der Waals surface area (Å²) in [6.07, 6.45) is 0. The summed E-state index contributed by atoms with van der Waals surface area (Å²) in [6.45, 7) is 6.09. The third-order valence-corrected chi connectivity index (χ3v) is 11.0. The van der Waals surface area contributed by atoms with Gasteiger partial charge < -0.3 is 24.6 Å². The molecule has 1 N–H and O–H groups in total. The molecule has 2 saturated heterocycles. The molecule has 12 heteroatoms. The molecule has 0 radical (unpaired) electrons. The Morgan fingerprint density at radius 1 is 0.816 bits per heavy atom. The van der Waals surface area contributed by atoms with E-state index < -0.39 is 10.0 Å². The fraction of sp³-hybridized carbons (Fsp3) is 0.270. The van der Waals surface area contributed by atoms with Crippen LogP contribution in [0.3, 0.4) is 0 Å². The maximum Gasteiger partial charge on any atom is 0.260 e. The molecule has 1 amide bonds. The van der Waals surface area contributed by atoms with E-state index in [1.165, 1.54) is 9.99 Å². The molecule has 7 rings (SSSR count). The van der Waals surface area contributed by atoms with Crippen molar-refractivity contribution in [2.24, 2.45) is 0 Å². The molecule has 2 aliphatic rings. The van der Waals surface area contributed by atoms with Crippen LogP contribution in [0.2, 0.25) is 0 Å². The lowest BCUT2D eigenvalue weighted by molar-refractivity contribution is -0.133. The van der Waals surface area contributed by atoms with Crippen LogP contribution in [-0.2, 0) is 19.6 Å². The summed E-state index contributed by atoms with van der Waals surface area (Å²) in [5.41, 5.74) is 3.88. The van der Waals surface area contributed by atoms with E-state index in [0.717, 1.165) is 29.5 Å². The average Bonchev–Trinajstić information content (AvgIpc) is 3.15. The van der Waals surface area contributed by atoms with Gasteiger partial charge in [-0.05, 0) is 55.0 Å². The molecular formula is C37H38N6O5S. The minimum Gasteiger partial charge on any atom is -0.484 e. The second-order valence-electron chi connectivity index (χ2n) is 12.1. The zero-order valence-electron chi connectivity index (χ0n) is 27.3. The smallest absolute Gasteiger partial charge is 0.260 e. The van der Waals surface area contributed by atoms with Crippen molar-refractivity contribution >= 4 is 43.9 Å². The number of fused-ring (bicyclic) bond motifs is 1. The summed E-state index contributed by atoms with van der Waals surface area (Å²) in [7, 11) is -3.70. The van der Waals surface area contributed by atoms with Crippen molar-refractivity contribution in [3.8, 4) is 17.0 Å². The molecule has 5 aromatic rings. The molecule has 252 valence electrons. The molecule has 11 nitrogen and oxygen atoms in total. The molecule has 49 heavy (non-hydrogen) atoms. The Morgan fingerprint density at radius 3 is 2.24 bits per heavy atom. The quantitative estimate of drug-likeness (QED) is 0.227. The van der Waals surface area contributed by atoms with Crippen molar-refractivity contribution in [2.75, 3.05) is 69.3 Å². The lowest BCUT2D eigenvalue weighted by Crippen LogP contribution is -2.50. The standard InChI is InChI=1S/C37H38N6O5S/c1-27-11-12-28(25-34(27)49(45,46)43-21-23-47-24-22-43)36-32-9-5-6-10-33(32)37(40-39-36)38-29-13-15-31(16-14-29)48-26-35(44)42-19-17-41(18-20-42)30-7-3-2-4-8-30/h2-16,25H,17-24,26H2,1H3,(H,38,40). The largest absolute Gasteiger partial charge is 0.484 e. The Morgan fingerprint density at radius 2 is 1.51 bits per heavy atom. The van der Waals surface area contributed by atoms with Gasteiger partial charge in [0.15, 0.2) is 12.4 Å². The van der Waals surface area contributed by atoms with E-state index in [0.29, 0.717) is 67.8 Å². The van der Waals surface area contributed by atoms with Crippen LogP contribution < -0.4 is 15.0 Å². The van der Waals surface area contributed by atoms with Crippen LogP contribution in [0.15, 0.2) is 102 Å². The summed E-state index contributed by atoms with van der Waals surface area (Å²) >= 11 is 0. The number of ether oxygens (including phenoxy) is 2. The molecular weight excluding hydrogens is 641 g/mol. The lowest BCUT2D eigenvalue weighted by atomic mass is 10.0. The van der Waals surface area contributed by atoms with Gasteiger partial charge in [-0.1, -0.05) is 54.6 Å². The van der Waals surface area contributed by atoms with Crippen molar-refractivity contribution in [2.45, 2.75) is 11.8 Å². The van der Waals surface area contributed by atoms with Crippen LogP contribution in [0.5, 0.6) is 5.75 Å². The maximum absolute atomic E-state index is 13.5. The van der Waals surface area contributed by atoms with Gasteiger partial charge in [0.05, 0.1) is 18.1 Å². The van der Waals surface area contributed by atoms with E-state index in [1.54, 1.807) is 13.0 Å². The third-order valence-electron chi connectivity index (χ3n) is 8.97. The lowest BCUT2D eigenvalue weighted by Gasteiger charge is -2.36. The summed E-state index contributed by atoms with van der Waals surface area (Å²) in [5.74, 6) is 1.12. The van der Waals surface area contributed by atoms with Gasteiger partial charge in [-0.15, -0.1) is 10.2 Å². The van der Waals surface area contributed by atoms with Crippen LogP contribution in [0.4, 0.5) is 17.2 Å². The number of amides is 1. The number of aromatic nitrogens is 2. The van der Waals surface area contributed by atoms with Gasteiger partial charge in [0.25, 0.3) is 5.91 Å². The first kappa shape index (κ1) is 32.5. The predicted octanol–water partition coefficient (Wildman–Crippen LogP) is 5.10. The van der Waals surface area contributed by atoms with Crippen LogP contribution in [0.25, 0.3) is 22.0 Å². The van der Waals surface area contributed by atoms with Crippen LogP contribution >= 0.6 is 0 Å². The number of anilines is 3. The van der Waals surface area contributed by atoms with E-state index in [1.807, 2.05) is 83.8 Å². The average molecular weight is 679 g/mol. The zero-order chi connectivity index (χ0) is 33.8. The van der Waals surface area contributed by atoms with Crippen molar-refractivity contribution in [3.63, 3.8) is 0 Å². The number of piperazine rings is 1. The molecule has 4 aromatic carbocycles. The van der Waals surface area contributed by atoms with Crippen molar-refractivity contribution in [1.82, 2.24) is 19.4 Å². The SMILES string of the molecule is Cc1ccc(-c2nnc(Nc3ccc(OCC(=O)N4CCN(c5ccccc5)CC4)cc3)c3ccccc23)cc1S(=O)(=O)N1CCOCC1. The number of rotatable bonds is 9. The molecule has 0 unspecified atom stereocenters. The Bertz CT molecular complexity index is 2050. The van der Waals surface area contributed by atoms with Crippen molar-refractivity contribution < 1.29 is 22.7 Å². The van der Waals surface area contributed by atoms with Gasteiger partial charge in [-0.2, -0.15) is 4.31 Å². The number of benzene rings is 4. The highest BCUT2D eigenvalue weighted by Crippen LogP contribution is 2.34. The van der Waals surface area contributed by atoms with E-state index in [9.17, 15) is 13.2 Å². The normalized spacial score (nSPS) is 15.7. The Hall–Kier alpha value is -5.04. The predicted molar refractivity (Wildman–Crippen MR) is 190 cm³/mol. The van der Waals surface area contributed by atoms with Crippen LogP contribution in [0.1, 0.15) is 5.56 Å². The molecule has 1 aromatic heterocycles. The van der Waals surface area contributed by atoms with Crippen molar-refractivity contribution in [3.05, 3.63) is 103 Å². The fourth-order valence-corrected chi connectivity index (χ4v) is 7.88. The van der Waals surface area contributed by atoms with Crippen LogP contribution in [0, 0.1) is 6.92 Å². The highest BCUT2D eigenvalue weighted by molar-refractivity contribution is 7.89. The summed E-state index contributed by atoms with van der Waals surface area (Å²) in [6, 6.07) is 30.8. The number of sulfonamides is 1. The summed E-state index contributed by atoms with van der Waals surface area (Å²) in [4.78, 5) is 17.2. The number of morpholine rings is 1. The first-order chi connectivity index (χ1) is 23.9. The summed E-state index contributed by atoms with van der Waals surface area (Å²) < 4.78 is 39.7. The molecule has 2 fully saturated rings. The Balaban J connectivity index is 1.02. The van der Waals surface area contributed by atoms with E-state index in [-0.39, 0.29) is 17.4 Å². The highest BCUT2D eigenvalue weighted by Gasteiger charge is 2.28. The third kappa shape index (κ3) is 7.07. The monoisotopic (exact) mass is 678 g/mol. The molecule has 2 aliphatic heterocycles. The minimum absolute atomic E-state index is 0.0237. The number of para-hydroxylation sites is 1. The van der Waals surface area contributed by atoms with Crippen LogP contribution in [-0.4, -0.2) is 92.8 Å². The topological polar surface area (TPSA) is 117 Å². The minimum atomic E-state index is -3.70. The zero-order valence-corrected chi connectivity index (χ0v) is 28.1. The number of nitrogens with one attached hydrogen (secondary N) is 1. The Kier molecular flexibility index (Phi) is 9.43. The maximum atomic E-state index is 13.5. The van der Waals surface area contributed by atoms with E-state index in [2.05, 4.69) is 32.5 Å². The molecule has 0 atom stereocenters. The van der Waals surface area contributed by atoms with Gasteiger partial charge in [0.2, 0.25) is 10.0 Å². The van der Waals surface area contributed by atoms with Gasteiger partial charge in [0, 0.05) is 67.0 Å². The first-order valence-corrected chi connectivity index (χ1v) is 17.8. The number of hydrogen-bond acceptors (Lipinski definition) is 9. The molecule has 0 spiro atoms. The number of aryl methyl sites for hydroxylation is 1. The van der Waals surface area contributed by atoms with E-state index >= 15 is 0 Å². The molecule has 0 saturated carbocycles. The number of carbonyl (C=O) groups is 1. The van der Waals surface area contributed by atoms with Crippen molar-refractivity contribution in [1.29, 1.82) is 0 Å². The molecule has 0 bridgehead atoms. The first-order valence-electron chi connectivity index (χ1n) is 16.4. The second kappa shape index (κ2) is 14.2. The van der Waals surface area contributed by atoms with Gasteiger partial charge in [-0.25, -0.2) is 8.42 Å². The number of hydrogen-bond donors (Lipinski definition) is 1. The fourth-order valence-electron chi connectivity index (χ4n) is 6.22. The highest BCUT2D eigenvalue weighted by atomic mass is 32.2.